The average molecular weight is 429 g/mol. The third-order valence-corrected chi connectivity index (χ3v) is 5.91. The number of benzene rings is 2. The number of carboxylic acid groups (broad SMARTS) is 1. The summed E-state index contributed by atoms with van der Waals surface area (Å²) in [5.41, 5.74) is 1.94. The second-order valence-corrected chi connectivity index (χ2v) is 7.58. The first-order valence-corrected chi connectivity index (χ1v) is 9.76. The number of fused-ring (bicyclic) bond motifs is 1. The number of aliphatic carboxylic acids is 1. The van der Waals surface area contributed by atoms with E-state index in [1.165, 1.54) is 4.70 Å². The van der Waals surface area contributed by atoms with Gasteiger partial charge in [-0.15, -0.1) is 17.3 Å². The van der Waals surface area contributed by atoms with Gasteiger partial charge in [0.1, 0.15) is 12.4 Å². The maximum Gasteiger partial charge on any atom is 0.304 e. The molecule has 2 aromatic carbocycles. The second kappa shape index (κ2) is 8.39. The van der Waals surface area contributed by atoms with E-state index in [4.69, 9.17) is 9.84 Å². The summed E-state index contributed by atoms with van der Waals surface area (Å²) in [5, 5.41) is 12.2. The largest absolute Gasteiger partial charge is 0.489 e. The second-order valence-electron chi connectivity index (χ2n) is 5.82. The monoisotopic (exact) mass is 428 g/mol. The smallest absolute Gasteiger partial charge is 0.304 e. The molecular formula is C21H17BrO3S. The van der Waals surface area contributed by atoms with Crippen LogP contribution < -0.4 is 4.74 Å². The Kier molecular flexibility index (Phi) is 5.97. The van der Waals surface area contributed by atoms with E-state index in [1.807, 2.05) is 36.4 Å². The van der Waals surface area contributed by atoms with E-state index in [9.17, 15) is 4.79 Å². The highest BCUT2D eigenvalue weighted by atomic mass is 79.9. The summed E-state index contributed by atoms with van der Waals surface area (Å²) in [7, 11) is 0. The number of halogens is 1. The predicted octanol–water partition coefficient (Wildman–Crippen LogP) is 5.82. The van der Waals surface area contributed by atoms with Gasteiger partial charge >= 0.3 is 5.97 Å². The summed E-state index contributed by atoms with van der Waals surface area (Å²) in [5.74, 6) is 5.46. The van der Waals surface area contributed by atoms with E-state index < -0.39 is 5.97 Å². The molecule has 5 heteroatoms. The zero-order valence-electron chi connectivity index (χ0n) is 14.2. The Labute approximate surface area is 164 Å². The van der Waals surface area contributed by atoms with Crippen molar-refractivity contribution in [2.24, 2.45) is 0 Å². The summed E-state index contributed by atoms with van der Waals surface area (Å²) in [6.45, 7) is 2.18. The minimum atomic E-state index is -0.847. The molecule has 1 atom stereocenters. The SMILES string of the molecule is CC#C[C@@H](CC(=O)O)c1ccc(COc2ccc3scc(Br)c3c2)cc1. The Morgan fingerprint density at radius 2 is 2.04 bits per heavy atom. The normalized spacial score (nSPS) is 11.6. The lowest BCUT2D eigenvalue weighted by molar-refractivity contribution is -0.137. The molecule has 0 radical (unpaired) electrons. The highest BCUT2D eigenvalue weighted by Gasteiger charge is 2.13. The van der Waals surface area contributed by atoms with Crippen molar-refractivity contribution in [1.82, 2.24) is 0 Å². The van der Waals surface area contributed by atoms with Gasteiger partial charge in [-0.1, -0.05) is 30.2 Å². The van der Waals surface area contributed by atoms with Crippen molar-refractivity contribution in [1.29, 1.82) is 0 Å². The molecule has 0 bridgehead atoms. The van der Waals surface area contributed by atoms with Gasteiger partial charge in [-0.2, -0.15) is 0 Å². The molecule has 1 aromatic heterocycles. The summed E-state index contributed by atoms with van der Waals surface area (Å²) in [6.07, 6.45) is 0.00617. The van der Waals surface area contributed by atoms with Gasteiger partial charge in [0.15, 0.2) is 0 Å². The third kappa shape index (κ3) is 4.46. The molecule has 0 amide bonds. The fourth-order valence-corrected chi connectivity index (χ4v) is 4.22. The van der Waals surface area contributed by atoms with Gasteiger partial charge in [-0.3, -0.25) is 4.79 Å². The van der Waals surface area contributed by atoms with Crippen molar-refractivity contribution < 1.29 is 14.6 Å². The molecule has 0 unspecified atom stereocenters. The van der Waals surface area contributed by atoms with Crippen molar-refractivity contribution in [3.05, 3.63) is 63.4 Å². The summed E-state index contributed by atoms with van der Waals surface area (Å²) in [6, 6.07) is 13.8. The topological polar surface area (TPSA) is 46.5 Å². The molecule has 3 nitrogen and oxygen atoms in total. The van der Waals surface area contributed by atoms with Gasteiger partial charge in [0.05, 0.1) is 12.3 Å². The van der Waals surface area contributed by atoms with Crippen LogP contribution in [0.5, 0.6) is 5.75 Å². The van der Waals surface area contributed by atoms with Crippen LogP contribution in [0.25, 0.3) is 10.1 Å². The number of hydrogen-bond acceptors (Lipinski definition) is 3. The first-order valence-electron chi connectivity index (χ1n) is 8.09. The Hall–Kier alpha value is -2.29. The molecule has 3 aromatic rings. The lowest BCUT2D eigenvalue weighted by Gasteiger charge is -2.11. The number of rotatable bonds is 6. The summed E-state index contributed by atoms with van der Waals surface area (Å²) >= 11 is 5.24. The minimum absolute atomic E-state index is 0.00617. The van der Waals surface area contributed by atoms with Gasteiger partial charge in [0, 0.05) is 19.9 Å². The number of ether oxygens (including phenoxy) is 1. The lowest BCUT2D eigenvalue weighted by Crippen LogP contribution is -2.05. The Bertz CT molecular complexity index is 980. The standard InChI is InChI=1S/C21H17BrO3S/c1-2-3-16(10-21(23)24)15-6-4-14(5-7-15)12-25-17-8-9-20-18(11-17)19(22)13-26-20/h4-9,11,13,16H,10,12H2,1H3,(H,23,24)/t16-/m0/s1. The van der Waals surface area contributed by atoms with Gasteiger partial charge in [-0.05, 0) is 52.2 Å². The summed E-state index contributed by atoms with van der Waals surface area (Å²) < 4.78 is 8.19. The van der Waals surface area contributed by atoms with E-state index in [2.05, 4.69) is 39.2 Å². The molecule has 26 heavy (non-hydrogen) atoms. The molecule has 0 aliphatic carbocycles. The zero-order valence-corrected chi connectivity index (χ0v) is 16.6. The van der Waals surface area contributed by atoms with Gasteiger partial charge in [0.2, 0.25) is 0 Å². The first kappa shape index (κ1) is 18.5. The van der Waals surface area contributed by atoms with Gasteiger partial charge in [-0.25, -0.2) is 0 Å². The van der Waals surface area contributed by atoms with E-state index in [0.717, 1.165) is 26.7 Å². The van der Waals surface area contributed by atoms with Crippen LogP contribution in [0.1, 0.15) is 30.4 Å². The van der Waals surface area contributed by atoms with Crippen molar-refractivity contribution in [2.75, 3.05) is 0 Å². The quantitative estimate of drug-likeness (QED) is 0.502. The van der Waals surface area contributed by atoms with Crippen molar-refractivity contribution in [2.45, 2.75) is 25.9 Å². The molecule has 0 aliphatic rings. The Balaban J connectivity index is 1.68. The maximum absolute atomic E-state index is 11.0. The molecule has 132 valence electrons. The summed E-state index contributed by atoms with van der Waals surface area (Å²) in [4.78, 5) is 11.0. The minimum Gasteiger partial charge on any atom is -0.489 e. The fraction of sp³-hybridized carbons (Fsp3) is 0.190. The lowest BCUT2D eigenvalue weighted by atomic mass is 9.95. The Morgan fingerprint density at radius 1 is 1.27 bits per heavy atom. The van der Waals surface area contributed by atoms with Crippen molar-refractivity contribution >= 4 is 43.3 Å². The molecule has 0 fully saturated rings. The first-order chi connectivity index (χ1) is 12.6. The zero-order chi connectivity index (χ0) is 18.5. The van der Waals surface area contributed by atoms with E-state index in [0.29, 0.717) is 6.61 Å². The fourth-order valence-electron chi connectivity index (χ4n) is 2.68. The van der Waals surface area contributed by atoms with Crippen molar-refractivity contribution in [3.8, 4) is 17.6 Å². The molecule has 0 saturated carbocycles. The van der Waals surface area contributed by atoms with Gasteiger partial charge < -0.3 is 9.84 Å². The third-order valence-electron chi connectivity index (χ3n) is 3.98. The predicted molar refractivity (Wildman–Crippen MR) is 109 cm³/mol. The van der Waals surface area contributed by atoms with Crippen LogP contribution in [0.3, 0.4) is 0 Å². The highest BCUT2D eigenvalue weighted by molar-refractivity contribution is 9.10. The molecular weight excluding hydrogens is 412 g/mol. The van der Waals surface area contributed by atoms with Crippen LogP contribution in [-0.4, -0.2) is 11.1 Å². The molecule has 0 spiro atoms. The van der Waals surface area contributed by atoms with Crippen LogP contribution >= 0.6 is 27.3 Å². The average Bonchev–Trinajstić information content (AvgIpc) is 3.00. The maximum atomic E-state index is 11.0. The number of carboxylic acids is 1. The van der Waals surface area contributed by atoms with Crippen LogP contribution in [0, 0.1) is 11.8 Å². The molecule has 0 saturated heterocycles. The van der Waals surface area contributed by atoms with Gasteiger partial charge in [0.25, 0.3) is 0 Å². The molecule has 1 heterocycles. The number of thiophene rings is 1. The highest BCUT2D eigenvalue weighted by Crippen LogP contribution is 2.33. The Morgan fingerprint density at radius 3 is 2.73 bits per heavy atom. The number of hydrogen-bond donors (Lipinski definition) is 1. The van der Waals surface area contributed by atoms with E-state index in [-0.39, 0.29) is 12.3 Å². The van der Waals surface area contributed by atoms with E-state index >= 15 is 0 Å². The van der Waals surface area contributed by atoms with Crippen LogP contribution in [0.4, 0.5) is 0 Å². The molecule has 1 N–H and O–H groups in total. The molecule has 3 rings (SSSR count). The number of carbonyl (C=O) groups is 1. The van der Waals surface area contributed by atoms with Crippen LogP contribution in [0.15, 0.2) is 52.3 Å². The van der Waals surface area contributed by atoms with E-state index in [1.54, 1.807) is 18.3 Å². The van der Waals surface area contributed by atoms with Crippen LogP contribution in [-0.2, 0) is 11.4 Å². The molecule has 0 aliphatic heterocycles. The van der Waals surface area contributed by atoms with Crippen molar-refractivity contribution in [3.63, 3.8) is 0 Å². The van der Waals surface area contributed by atoms with Crippen LogP contribution in [0.2, 0.25) is 0 Å².